The summed E-state index contributed by atoms with van der Waals surface area (Å²) in [5.74, 6) is -0.178. The molecule has 1 amide bonds. The first kappa shape index (κ1) is 19.9. The minimum absolute atomic E-state index is 0.00440. The predicted molar refractivity (Wildman–Crippen MR) is 104 cm³/mol. The molecule has 28 heavy (non-hydrogen) atoms. The molecule has 1 fully saturated rings. The number of carboxylic acid groups (broad SMARTS) is 1. The second-order valence-corrected chi connectivity index (χ2v) is 7.64. The van der Waals surface area contributed by atoms with E-state index in [-0.39, 0.29) is 12.6 Å². The topological polar surface area (TPSA) is 84.7 Å². The molecule has 1 saturated heterocycles. The van der Waals surface area contributed by atoms with Crippen molar-refractivity contribution >= 4 is 12.1 Å². The first-order valence-electron chi connectivity index (χ1n) is 9.50. The average Bonchev–Trinajstić information content (AvgIpc) is 3.28. The molecule has 7 heteroatoms. The molecule has 0 spiro atoms. The zero-order valence-electron chi connectivity index (χ0n) is 16.8. The van der Waals surface area contributed by atoms with Crippen molar-refractivity contribution in [2.75, 3.05) is 6.54 Å². The minimum Gasteiger partial charge on any atom is -0.480 e. The highest BCUT2D eigenvalue weighted by Crippen LogP contribution is 2.30. The molecular formula is C21H27N3O4. The lowest BCUT2D eigenvalue weighted by Gasteiger charge is -2.30. The number of aliphatic carboxylic acids is 1. The fraction of sp³-hybridized carbons (Fsp3) is 0.476. The van der Waals surface area contributed by atoms with Crippen molar-refractivity contribution in [3.63, 3.8) is 0 Å². The molecule has 2 aromatic rings. The van der Waals surface area contributed by atoms with Crippen LogP contribution in [0.2, 0.25) is 0 Å². The lowest BCUT2D eigenvalue weighted by Crippen LogP contribution is -2.51. The zero-order valence-corrected chi connectivity index (χ0v) is 16.8. The Hall–Kier alpha value is -2.83. The van der Waals surface area contributed by atoms with Crippen LogP contribution < -0.4 is 0 Å². The van der Waals surface area contributed by atoms with Crippen LogP contribution in [0.4, 0.5) is 4.79 Å². The van der Waals surface area contributed by atoms with Gasteiger partial charge in [-0.15, -0.1) is 0 Å². The monoisotopic (exact) mass is 385 g/mol. The number of hydrogen-bond acceptors (Lipinski definition) is 4. The number of hydrogen-bond donors (Lipinski definition) is 1. The van der Waals surface area contributed by atoms with Gasteiger partial charge in [-0.3, -0.25) is 4.90 Å². The lowest BCUT2D eigenvalue weighted by molar-refractivity contribution is -0.147. The molecule has 1 aromatic heterocycles. The van der Waals surface area contributed by atoms with Crippen LogP contribution in [0.5, 0.6) is 0 Å². The van der Waals surface area contributed by atoms with E-state index in [4.69, 9.17) is 4.74 Å². The molecule has 0 saturated carbocycles. The molecule has 0 radical (unpaired) electrons. The Kier molecular flexibility index (Phi) is 5.45. The first-order valence-corrected chi connectivity index (χ1v) is 9.50. The Balaban J connectivity index is 1.74. The van der Waals surface area contributed by atoms with Gasteiger partial charge in [0, 0.05) is 24.9 Å². The first-order chi connectivity index (χ1) is 13.3. The molecule has 7 nitrogen and oxygen atoms in total. The van der Waals surface area contributed by atoms with Crippen LogP contribution >= 0.6 is 0 Å². The van der Waals surface area contributed by atoms with Gasteiger partial charge in [0.05, 0.1) is 0 Å². The van der Waals surface area contributed by atoms with Crippen LogP contribution in [-0.2, 0) is 16.3 Å². The maximum atomic E-state index is 12.5. The summed E-state index contributed by atoms with van der Waals surface area (Å²) in [5.41, 5.74) is 2.41. The van der Waals surface area contributed by atoms with E-state index in [9.17, 15) is 14.7 Å². The third-order valence-electron chi connectivity index (χ3n) is 5.90. The molecule has 0 aliphatic carbocycles. The number of aryl methyl sites for hydroxylation is 1. The van der Waals surface area contributed by atoms with Crippen LogP contribution in [-0.4, -0.2) is 43.7 Å². The van der Waals surface area contributed by atoms with Crippen molar-refractivity contribution in [2.24, 2.45) is 0 Å². The molecule has 2 heterocycles. The van der Waals surface area contributed by atoms with Crippen molar-refractivity contribution < 1.29 is 19.4 Å². The van der Waals surface area contributed by atoms with Gasteiger partial charge in [-0.1, -0.05) is 25.1 Å². The number of carboxylic acids is 1. The van der Waals surface area contributed by atoms with Crippen molar-refractivity contribution in [3.8, 4) is 0 Å². The van der Waals surface area contributed by atoms with E-state index in [0.29, 0.717) is 19.4 Å². The van der Waals surface area contributed by atoms with Gasteiger partial charge in [-0.05, 0) is 50.3 Å². The summed E-state index contributed by atoms with van der Waals surface area (Å²) in [6.07, 6.45) is 3.92. The number of rotatable bonds is 5. The van der Waals surface area contributed by atoms with Crippen LogP contribution in [0.3, 0.4) is 0 Å². The number of amides is 1. The molecule has 1 aliphatic rings. The molecule has 2 atom stereocenters. The SMILES string of the molecule is Cc1cccc(C(C)c2nccn2COC(=O)N2CCC[C@@]2(C)C(=O)O)c1C. The molecule has 1 aromatic carbocycles. The Morgan fingerprint density at radius 1 is 1.36 bits per heavy atom. The highest BCUT2D eigenvalue weighted by atomic mass is 16.6. The number of aromatic nitrogens is 2. The largest absolute Gasteiger partial charge is 0.480 e. The Labute approximate surface area is 164 Å². The summed E-state index contributed by atoms with van der Waals surface area (Å²) in [6, 6.07) is 6.19. The summed E-state index contributed by atoms with van der Waals surface area (Å²) in [6.45, 7) is 8.19. The van der Waals surface area contributed by atoms with Crippen molar-refractivity contribution in [3.05, 3.63) is 53.1 Å². The number of likely N-dealkylation sites (tertiary alicyclic amines) is 1. The van der Waals surface area contributed by atoms with Gasteiger partial charge in [0.2, 0.25) is 0 Å². The molecule has 1 unspecified atom stereocenters. The minimum atomic E-state index is -1.21. The quantitative estimate of drug-likeness (QED) is 0.849. The molecule has 0 bridgehead atoms. The summed E-state index contributed by atoms with van der Waals surface area (Å²) < 4.78 is 7.23. The summed E-state index contributed by atoms with van der Waals surface area (Å²) in [4.78, 5) is 29.8. The van der Waals surface area contributed by atoms with E-state index < -0.39 is 17.6 Å². The number of benzene rings is 1. The Bertz CT molecular complexity index is 892. The molecule has 150 valence electrons. The number of carbonyl (C=O) groups is 2. The van der Waals surface area contributed by atoms with E-state index in [1.165, 1.54) is 21.6 Å². The highest BCUT2D eigenvalue weighted by molar-refractivity contribution is 5.84. The molecule has 1 N–H and O–H groups in total. The van der Waals surface area contributed by atoms with E-state index in [1.54, 1.807) is 23.9 Å². The van der Waals surface area contributed by atoms with Gasteiger partial charge in [-0.25, -0.2) is 14.6 Å². The maximum Gasteiger partial charge on any atom is 0.412 e. The Morgan fingerprint density at radius 2 is 2.11 bits per heavy atom. The number of nitrogens with zero attached hydrogens (tertiary/aromatic N) is 3. The summed E-state index contributed by atoms with van der Waals surface area (Å²) in [5, 5.41) is 9.47. The maximum absolute atomic E-state index is 12.5. The van der Waals surface area contributed by atoms with E-state index >= 15 is 0 Å². The zero-order chi connectivity index (χ0) is 20.5. The predicted octanol–water partition coefficient (Wildman–Crippen LogP) is 3.68. The van der Waals surface area contributed by atoms with Gasteiger partial charge in [0.1, 0.15) is 11.4 Å². The fourth-order valence-corrected chi connectivity index (χ4v) is 3.87. The second-order valence-electron chi connectivity index (χ2n) is 7.64. The number of carbonyl (C=O) groups excluding carboxylic acids is 1. The van der Waals surface area contributed by atoms with Crippen LogP contribution in [0, 0.1) is 13.8 Å². The molecule has 1 aliphatic heterocycles. The van der Waals surface area contributed by atoms with Gasteiger partial charge < -0.3 is 14.4 Å². The highest BCUT2D eigenvalue weighted by Gasteiger charge is 2.46. The van der Waals surface area contributed by atoms with E-state index in [0.717, 1.165) is 5.82 Å². The van der Waals surface area contributed by atoms with E-state index in [2.05, 4.69) is 37.9 Å². The van der Waals surface area contributed by atoms with Crippen LogP contribution in [0.25, 0.3) is 0 Å². The van der Waals surface area contributed by atoms with Crippen molar-refractivity contribution in [2.45, 2.75) is 58.7 Å². The smallest absolute Gasteiger partial charge is 0.412 e. The van der Waals surface area contributed by atoms with Crippen molar-refractivity contribution in [1.29, 1.82) is 0 Å². The summed E-state index contributed by atoms with van der Waals surface area (Å²) >= 11 is 0. The molecule has 3 rings (SSSR count). The third kappa shape index (κ3) is 3.48. The second kappa shape index (κ2) is 7.66. The average molecular weight is 385 g/mol. The summed E-state index contributed by atoms with van der Waals surface area (Å²) in [7, 11) is 0. The number of ether oxygens (including phenoxy) is 1. The lowest BCUT2D eigenvalue weighted by atomic mass is 9.93. The standard InChI is InChI=1S/C21H27N3O4/c1-14-7-5-8-17(15(14)2)16(3)18-22-10-12-23(18)13-28-20(27)24-11-6-9-21(24,4)19(25)26/h5,7-8,10,12,16H,6,9,11,13H2,1-4H3,(H,25,26)/t16?,21-/m0/s1. The third-order valence-corrected chi connectivity index (χ3v) is 5.90. The van der Waals surface area contributed by atoms with Crippen LogP contribution in [0.1, 0.15) is 55.1 Å². The fourth-order valence-electron chi connectivity index (χ4n) is 3.87. The van der Waals surface area contributed by atoms with Gasteiger partial charge in [-0.2, -0.15) is 0 Å². The Morgan fingerprint density at radius 3 is 2.82 bits per heavy atom. The number of imidazole rings is 1. The van der Waals surface area contributed by atoms with E-state index in [1.807, 2.05) is 6.07 Å². The molecular weight excluding hydrogens is 358 g/mol. The van der Waals surface area contributed by atoms with Gasteiger partial charge in [0.15, 0.2) is 6.73 Å². The van der Waals surface area contributed by atoms with Gasteiger partial charge >= 0.3 is 12.1 Å². The normalized spacial score (nSPS) is 20.2. The van der Waals surface area contributed by atoms with Gasteiger partial charge in [0.25, 0.3) is 0 Å². The van der Waals surface area contributed by atoms with Crippen molar-refractivity contribution in [1.82, 2.24) is 14.5 Å². The van der Waals surface area contributed by atoms with Crippen LogP contribution in [0.15, 0.2) is 30.6 Å².